The summed E-state index contributed by atoms with van der Waals surface area (Å²) in [7, 11) is 0. The molecule has 1 aliphatic heterocycles. The molecule has 0 unspecified atom stereocenters. The quantitative estimate of drug-likeness (QED) is 0.787. The number of carbonyl (C=O) groups excluding carboxylic acids is 1. The summed E-state index contributed by atoms with van der Waals surface area (Å²) in [6.45, 7) is 2.51. The van der Waals surface area contributed by atoms with E-state index in [0.717, 1.165) is 9.37 Å². The number of hydrogen-bond acceptors (Lipinski definition) is 5. The second-order valence-corrected chi connectivity index (χ2v) is 6.35. The fourth-order valence-corrected chi connectivity index (χ4v) is 3.45. The van der Waals surface area contributed by atoms with Crippen molar-refractivity contribution in [2.24, 2.45) is 0 Å². The van der Waals surface area contributed by atoms with Gasteiger partial charge >= 0.3 is 5.97 Å². The molecule has 1 aromatic rings. The Bertz CT molecular complexity index is 440. The maximum Gasteiger partial charge on any atom is 0.303 e. The summed E-state index contributed by atoms with van der Waals surface area (Å²) in [6, 6.07) is 7.99. The van der Waals surface area contributed by atoms with Crippen LogP contribution in [0.2, 0.25) is 0 Å². The first-order valence-electron chi connectivity index (χ1n) is 5.90. The molecule has 1 fully saturated rings. The predicted octanol–water partition coefficient (Wildman–Crippen LogP) is 2.85. The highest BCUT2D eigenvalue weighted by molar-refractivity contribution is 9.10. The summed E-state index contributed by atoms with van der Waals surface area (Å²) < 4.78 is 17.0. The Labute approximate surface area is 124 Å². The van der Waals surface area contributed by atoms with Gasteiger partial charge in [-0.05, 0) is 18.2 Å². The second-order valence-electron chi connectivity index (χ2n) is 4.12. The van der Waals surface area contributed by atoms with Crippen LogP contribution < -0.4 is 0 Å². The van der Waals surface area contributed by atoms with Crippen LogP contribution in [-0.2, 0) is 19.0 Å². The van der Waals surface area contributed by atoms with Crippen molar-refractivity contribution < 1.29 is 19.0 Å². The van der Waals surface area contributed by atoms with Gasteiger partial charge in [-0.3, -0.25) is 4.79 Å². The van der Waals surface area contributed by atoms with Gasteiger partial charge in [-0.25, -0.2) is 0 Å². The molecule has 1 aromatic carbocycles. The molecule has 19 heavy (non-hydrogen) atoms. The largest absolute Gasteiger partial charge is 0.459 e. The van der Waals surface area contributed by atoms with Crippen molar-refractivity contribution in [2.45, 2.75) is 23.2 Å². The minimum Gasteiger partial charge on any atom is -0.459 e. The van der Waals surface area contributed by atoms with Gasteiger partial charge in [0.2, 0.25) is 0 Å². The normalized spacial score (nSPS) is 23.7. The Morgan fingerprint density at radius 3 is 2.95 bits per heavy atom. The van der Waals surface area contributed by atoms with E-state index in [0.29, 0.717) is 13.2 Å². The standard InChI is InChI=1S/C13H15BrO4S/c1-9(15)18-12-6-16-8-17-7-13(12)19-11-4-2-3-10(14)5-11/h2-5,12-13H,6-8H2,1H3/t12-,13-/m1/s1. The average molecular weight is 347 g/mol. The third kappa shape index (κ3) is 4.80. The van der Waals surface area contributed by atoms with Crippen LogP contribution in [0.4, 0.5) is 0 Å². The highest BCUT2D eigenvalue weighted by atomic mass is 79.9. The molecular formula is C13H15BrO4S. The monoisotopic (exact) mass is 346 g/mol. The van der Waals surface area contributed by atoms with E-state index in [4.69, 9.17) is 14.2 Å². The predicted molar refractivity (Wildman–Crippen MR) is 76.1 cm³/mol. The molecule has 0 saturated carbocycles. The molecule has 0 N–H and O–H groups in total. The van der Waals surface area contributed by atoms with Crippen molar-refractivity contribution in [3.05, 3.63) is 28.7 Å². The molecule has 6 heteroatoms. The first-order chi connectivity index (χ1) is 9.15. The van der Waals surface area contributed by atoms with E-state index in [9.17, 15) is 4.79 Å². The van der Waals surface area contributed by atoms with Gasteiger partial charge in [0.05, 0.1) is 18.5 Å². The van der Waals surface area contributed by atoms with Crippen LogP contribution in [0.15, 0.2) is 33.6 Å². The van der Waals surface area contributed by atoms with Crippen LogP contribution in [0.25, 0.3) is 0 Å². The molecule has 0 aliphatic carbocycles. The van der Waals surface area contributed by atoms with Gasteiger partial charge in [-0.2, -0.15) is 0 Å². The number of thioether (sulfide) groups is 1. The molecule has 0 spiro atoms. The lowest BCUT2D eigenvalue weighted by atomic mass is 10.3. The van der Waals surface area contributed by atoms with Gasteiger partial charge < -0.3 is 14.2 Å². The lowest BCUT2D eigenvalue weighted by Gasteiger charge is -2.22. The Balaban J connectivity index is 2.07. The lowest BCUT2D eigenvalue weighted by Crippen LogP contribution is -2.33. The number of rotatable bonds is 3. The molecule has 0 radical (unpaired) electrons. The minimum atomic E-state index is -0.296. The van der Waals surface area contributed by atoms with Crippen LogP contribution >= 0.6 is 27.7 Å². The Kier molecular flexibility index (Phi) is 5.69. The van der Waals surface area contributed by atoms with E-state index >= 15 is 0 Å². The summed E-state index contributed by atoms with van der Waals surface area (Å²) in [5, 5.41) is 0.0284. The lowest BCUT2D eigenvalue weighted by molar-refractivity contribution is -0.148. The SMILES string of the molecule is CC(=O)O[C@@H]1COCOC[C@H]1Sc1cccc(Br)c1. The van der Waals surface area contributed by atoms with Crippen LogP contribution in [-0.4, -0.2) is 37.3 Å². The van der Waals surface area contributed by atoms with E-state index in [2.05, 4.69) is 15.9 Å². The van der Waals surface area contributed by atoms with Crippen molar-refractivity contribution in [1.29, 1.82) is 0 Å². The molecule has 1 saturated heterocycles. The van der Waals surface area contributed by atoms with Crippen LogP contribution in [0.5, 0.6) is 0 Å². The summed E-state index contributed by atoms with van der Waals surface area (Å²) in [5.41, 5.74) is 0. The van der Waals surface area contributed by atoms with E-state index < -0.39 is 0 Å². The second kappa shape index (κ2) is 7.28. The first kappa shape index (κ1) is 14.8. The molecule has 2 atom stereocenters. The number of benzene rings is 1. The molecule has 1 heterocycles. The molecule has 2 rings (SSSR count). The zero-order valence-electron chi connectivity index (χ0n) is 10.5. The number of esters is 1. The maximum atomic E-state index is 11.1. The molecule has 0 aromatic heterocycles. The third-order valence-corrected chi connectivity index (χ3v) is 4.31. The van der Waals surface area contributed by atoms with Crippen molar-refractivity contribution >= 4 is 33.7 Å². The fraction of sp³-hybridized carbons (Fsp3) is 0.462. The van der Waals surface area contributed by atoms with Gasteiger partial charge in [0.1, 0.15) is 12.9 Å². The van der Waals surface area contributed by atoms with Gasteiger partial charge in [0.15, 0.2) is 0 Å². The molecule has 0 amide bonds. The smallest absolute Gasteiger partial charge is 0.303 e. The molecule has 104 valence electrons. The van der Waals surface area contributed by atoms with Crippen molar-refractivity contribution in [2.75, 3.05) is 20.0 Å². The van der Waals surface area contributed by atoms with E-state index in [-0.39, 0.29) is 24.1 Å². The zero-order chi connectivity index (χ0) is 13.7. The first-order valence-corrected chi connectivity index (χ1v) is 7.57. The van der Waals surface area contributed by atoms with Gasteiger partial charge in [-0.1, -0.05) is 22.0 Å². The van der Waals surface area contributed by atoms with Gasteiger partial charge in [0.25, 0.3) is 0 Å². The van der Waals surface area contributed by atoms with Gasteiger partial charge in [0, 0.05) is 16.3 Å². The summed E-state index contributed by atoms with van der Waals surface area (Å²) in [5.74, 6) is -0.296. The summed E-state index contributed by atoms with van der Waals surface area (Å²) in [6.07, 6.45) is -0.288. The fourth-order valence-electron chi connectivity index (χ4n) is 1.75. The van der Waals surface area contributed by atoms with Crippen molar-refractivity contribution in [1.82, 2.24) is 0 Å². The van der Waals surface area contributed by atoms with Crippen molar-refractivity contribution in [3.63, 3.8) is 0 Å². The van der Waals surface area contributed by atoms with Gasteiger partial charge in [-0.15, -0.1) is 11.8 Å². The van der Waals surface area contributed by atoms with Crippen molar-refractivity contribution in [3.8, 4) is 0 Å². The molecular weight excluding hydrogens is 332 g/mol. The molecule has 0 bridgehead atoms. The summed E-state index contributed by atoms with van der Waals surface area (Å²) >= 11 is 5.07. The maximum absolute atomic E-state index is 11.1. The Morgan fingerprint density at radius 2 is 2.21 bits per heavy atom. The molecule has 4 nitrogen and oxygen atoms in total. The number of carbonyl (C=O) groups is 1. The average Bonchev–Trinajstić information content (AvgIpc) is 2.55. The van der Waals surface area contributed by atoms with Crippen LogP contribution in [0.1, 0.15) is 6.92 Å². The number of hydrogen-bond donors (Lipinski definition) is 0. The molecule has 1 aliphatic rings. The van der Waals surface area contributed by atoms with Crippen LogP contribution in [0.3, 0.4) is 0 Å². The summed E-state index contributed by atoms with van der Waals surface area (Å²) in [4.78, 5) is 12.2. The highest BCUT2D eigenvalue weighted by Gasteiger charge is 2.28. The number of halogens is 1. The zero-order valence-corrected chi connectivity index (χ0v) is 12.9. The Hall–Kier alpha value is -0.560. The highest BCUT2D eigenvalue weighted by Crippen LogP contribution is 2.30. The van der Waals surface area contributed by atoms with E-state index in [1.54, 1.807) is 11.8 Å². The van der Waals surface area contributed by atoms with Crippen LogP contribution in [0, 0.1) is 0 Å². The number of ether oxygens (including phenoxy) is 3. The van der Waals surface area contributed by atoms with E-state index in [1.807, 2.05) is 24.3 Å². The Morgan fingerprint density at radius 1 is 1.42 bits per heavy atom. The van der Waals surface area contributed by atoms with E-state index in [1.165, 1.54) is 6.92 Å². The topological polar surface area (TPSA) is 44.8 Å². The minimum absolute atomic E-state index is 0.0284. The third-order valence-electron chi connectivity index (χ3n) is 2.55.